The first-order valence-electron chi connectivity index (χ1n) is 7.04. The van der Waals surface area contributed by atoms with Crippen molar-refractivity contribution in [3.63, 3.8) is 0 Å². The van der Waals surface area contributed by atoms with Gasteiger partial charge in [0.1, 0.15) is 11.4 Å². The Balaban J connectivity index is 1.76. The SMILES string of the molecule is C=C(NNC(=O)c1ccccn1)c1ccc2ccccc2c1O. The quantitative estimate of drug-likeness (QED) is 0.648. The van der Waals surface area contributed by atoms with Gasteiger partial charge in [-0.05, 0) is 23.6 Å². The average molecular weight is 305 g/mol. The summed E-state index contributed by atoms with van der Waals surface area (Å²) in [6.45, 7) is 3.85. The van der Waals surface area contributed by atoms with E-state index < -0.39 is 0 Å². The van der Waals surface area contributed by atoms with Crippen LogP contribution < -0.4 is 10.9 Å². The number of hydrogen-bond acceptors (Lipinski definition) is 4. The Hall–Kier alpha value is -3.34. The van der Waals surface area contributed by atoms with Gasteiger partial charge in [-0.25, -0.2) is 0 Å². The Morgan fingerprint density at radius 3 is 2.57 bits per heavy atom. The number of benzene rings is 2. The molecule has 3 aromatic rings. The summed E-state index contributed by atoms with van der Waals surface area (Å²) in [7, 11) is 0. The van der Waals surface area contributed by atoms with Crippen LogP contribution in [0.3, 0.4) is 0 Å². The second kappa shape index (κ2) is 6.19. The summed E-state index contributed by atoms with van der Waals surface area (Å²) in [6, 6.07) is 16.2. The predicted octanol–water partition coefficient (Wildman–Crippen LogP) is 2.85. The molecule has 1 aromatic heterocycles. The molecule has 0 fully saturated rings. The highest BCUT2D eigenvalue weighted by Gasteiger charge is 2.11. The molecule has 3 N–H and O–H groups in total. The lowest BCUT2D eigenvalue weighted by atomic mass is 10.0. The zero-order valence-corrected chi connectivity index (χ0v) is 12.3. The number of hydrazine groups is 1. The van der Waals surface area contributed by atoms with E-state index in [0.29, 0.717) is 11.3 Å². The van der Waals surface area contributed by atoms with Crippen molar-refractivity contribution in [2.75, 3.05) is 0 Å². The molecule has 0 unspecified atom stereocenters. The number of nitrogens with one attached hydrogen (secondary N) is 2. The highest BCUT2D eigenvalue weighted by Crippen LogP contribution is 2.31. The summed E-state index contributed by atoms with van der Waals surface area (Å²) in [5, 5.41) is 12.0. The van der Waals surface area contributed by atoms with E-state index in [1.165, 1.54) is 0 Å². The lowest BCUT2D eigenvalue weighted by Gasteiger charge is -2.13. The summed E-state index contributed by atoms with van der Waals surface area (Å²) >= 11 is 0. The van der Waals surface area contributed by atoms with Crippen molar-refractivity contribution in [2.24, 2.45) is 0 Å². The number of rotatable bonds is 4. The molecule has 0 aliphatic heterocycles. The molecule has 0 radical (unpaired) electrons. The molecule has 5 heteroatoms. The van der Waals surface area contributed by atoms with Crippen molar-refractivity contribution in [1.29, 1.82) is 0 Å². The summed E-state index contributed by atoms with van der Waals surface area (Å²) in [4.78, 5) is 15.9. The number of phenols is 1. The van der Waals surface area contributed by atoms with E-state index in [1.807, 2.05) is 30.3 Å². The Morgan fingerprint density at radius 2 is 1.78 bits per heavy atom. The number of carbonyl (C=O) groups excluding carboxylic acids is 1. The van der Waals surface area contributed by atoms with Crippen LogP contribution in [0.15, 0.2) is 67.4 Å². The first-order chi connectivity index (χ1) is 11.2. The van der Waals surface area contributed by atoms with E-state index >= 15 is 0 Å². The number of pyridine rings is 1. The lowest BCUT2D eigenvalue weighted by Crippen LogP contribution is -2.36. The number of aromatic hydroxyl groups is 1. The largest absolute Gasteiger partial charge is 0.507 e. The van der Waals surface area contributed by atoms with Gasteiger partial charge in [0.2, 0.25) is 0 Å². The van der Waals surface area contributed by atoms with Crippen LogP contribution in [0.2, 0.25) is 0 Å². The Morgan fingerprint density at radius 1 is 1.00 bits per heavy atom. The third-order valence-corrected chi connectivity index (χ3v) is 3.45. The second-order valence-electron chi connectivity index (χ2n) is 4.96. The van der Waals surface area contributed by atoms with Crippen molar-refractivity contribution < 1.29 is 9.90 Å². The minimum Gasteiger partial charge on any atom is -0.507 e. The maximum Gasteiger partial charge on any atom is 0.288 e. The second-order valence-corrected chi connectivity index (χ2v) is 4.96. The standard InChI is InChI=1S/C18H15N3O2/c1-12(20-21-18(23)16-8-4-5-11-19-16)14-10-9-13-6-2-3-7-15(13)17(14)22/h2-11,20,22H,1H2,(H,21,23). The van der Waals surface area contributed by atoms with Crippen LogP contribution in [0.5, 0.6) is 5.75 Å². The zero-order valence-electron chi connectivity index (χ0n) is 12.3. The molecule has 0 bridgehead atoms. The van der Waals surface area contributed by atoms with Crippen molar-refractivity contribution in [3.05, 3.63) is 78.6 Å². The fourth-order valence-electron chi connectivity index (χ4n) is 2.26. The van der Waals surface area contributed by atoms with Gasteiger partial charge in [0.05, 0.1) is 5.70 Å². The molecule has 5 nitrogen and oxygen atoms in total. The minimum absolute atomic E-state index is 0.118. The van der Waals surface area contributed by atoms with Crippen LogP contribution >= 0.6 is 0 Å². The fourth-order valence-corrected chi connectivity index (χ4v) is 2.26. The molecule has 0 saturated carbocycles. The van der Waals surface area contributed by atoms with E-state index in [-0.39, 0.29) is 17.4 Å². The molecule has 1 amide bonds. The molecule has 2 aromatic carbocycles. The molecule has 0 spiro atoms. The summed E-state index contributed by atoms with van der Waals surface area (Å²) in [5.74, 6) is -0.264. The maximum atomic E-state index is 11.9. The third-order valence-electron chi connectivity index (χ3n) is 3.45. The first-order valence-corrected chi connectivity index (χ1v) is 7.04. The van der Waals surface area contributed by atoms with Crippen molar-refractivity contribution in [1.82, 2.24) is 15.8 Å². The Kier molecular flexibility index (Phi) is 3.93. The van der Waals surface area contributed by atoms with Gasteiger partial charge in [0, 0.05) is 17.1 Å². The van der Waals surface area contributed by atoms with Gasteiger partial charge in [-0.15, -0.1) is 0 Å². The van der Waals surface area contributed by atoms with E-state index in [0.717, 1.165) is 10.8 Å². The van der Waals surface area contributed by atoms with Crippen LogP contribution in [-0.4, -0.2) is 16.0 Å². The smallest absolute Gasteiger partial charge is 0.288 e. The molecule has 23 heavy (non-hydrogen) atoms. The Labute approximate surface area is 133 Å². The third kappa shape index (κ3) is 2.98. The summed E-state index contributed by atoms with van der Waals surface area (Å²) in [5.41, 5.74) is 6.41. The first kappa shape index (κ1) is 14.6. The fraction of sp³-hybridized carbons (Fsp3) is 0. The van der Waals surface area contributed by atoms with Gasteiger partial charge >= 0.3 is 0 Å². The molecule has 0 atom stereocenters. The molecule has 0 aliphatic rings. The van der Waals surface area contributed by atoms with Gasteiger partial charge < -0.3 is 5.11 Å². The summed E-state index contributed by atoms with van der Waals surface area (Å²) in [6.07, 6.45) is 1.54. The average Bonchev–Trinajstić information content (AvgIpc) is 2.60. The number of amides is 1. The number of aromatic nitrogens is 1. The van der Waals surface area contributed by atoms with Crippen molar-refractivity contribution in [2.45, 2.75) is 0 Å². The van der Waals surface area contributed by atoms with Crippen LogP contribution in [0.1, 0.15) is 16.1 Å². The number of nitrogens with zero attached hydrogens (tertiary/aromatic N) is 1. The molecule has 0 aliphatic carbocycles. The maximum absolute atomic E-state index is 11.9. The minimum atomic E-state index is -0.382. The number of fused-ring (bicyclic) bond motifs is 1. The topological polar surface area (TPSA) is 74.2 Å². The van der Waals surface area contributed by atoms with E-state index in [2.05, 4.69) is 22.4 Å². The van der Waals surface area contributed by atoms with Crippen molar-refractivity contribution in [3.8, 4) is 5.75 Å². The molecule has 0 saturated heterocycles. The van der Waals surface area contributed by atoms with E-state index in [1.54, 1.807) is 30.5 Å². The van der Waals surface area contributed by atoms with Crippen LogP contribution in [0.4, 0.5) is 0 Å². The molecule has 3 rings (SSSR count). The molecule has 114 valence electrons. The highest BCUT2D eigenvalue weighted by molar-refractivity contribution is 5.94. The van der Waals surface area contributed by atoms with Gasteiger partial charge in [-0.1, -0.05) is 43.0 Å². The molecule has 1 heterocycles. The van der Waals surface area contributed by atoms with Crippen LogP contribution in [0, 0.1) is 0 Å². The highest BCUT2D eigenvalue weighted by atomic mass is 16.3. The van der Waals surface area contributed by atoms with Gasteiger partial charge in [0.15, 0.2) is 0 Å². The zero-order chi connectivity index (χ0) is 16.2. The monoisotopic (exact) mass is 305 g/mol. The molecular weight excluding hydrogens is 290 g/mol. The van der Waals surface area contributed by atoms with Crippen LogP contribution in [-0.2, 0) is 0 Å². The molecular formula is C18H15N3O2. The Bertz CT molecular complexity index is 876. The number of phenolic OH excluding ortho intramolecular Hbond substituents is 1. The van der Waals surface area contributed by atoms with E-state index in [9.17, 15) is 9.90 Å². The van der Waals surface area contributed by atoms with Gasteiger partial charge in [-0.3, -0.25) is 20.6 Å². The summed E-state index contributed by atoms with van der Waals surface area (Å²) < 4.78 is 0. The number of carbonyl (C=O) groups is 1. The van der Waals surface area contributed by atoms with Gasteiger partial charge in [0.25, 0.3) is 5.91 Å². The van der Waals surface area contributed by atoms with Crippen LogP contribution in [0.25, 0.3) is 16.5 Å². The number of hydrogen-bond donors (Lipinski definition) is 3. The van der Waals surface area contributed by atoms with Gasteiger partial charge in [-0.2, -0.15) is 0 Å². The van der Waals surface area contributed by atoms with E-state index in [4.69, 9.17) is 0 Å². The predicted molar refractivity (Wildman–Crippen MR) is 89.5 cm³/mol. The normalized spacial score (nSPS) is 10.3. The van der Waals surface area contributed by atoms with Crippen molar-refractivity contribution >= 4 is 22.4 Å². The lowest BCUT2D eigenvalue weighted by molar-refractivity contribution is 0.0937.